The Bertz CT molecular complexity index is 953. The fourth-order valence-corrected chi connectivity index (χ4v) is 4.08. The van der Waals surface area contributed by atoms with Gasteiger partial charge in [-0.3, -0.25) is 0 Å². The second kappa shape index (κ2) is 7.23. The van der Waals surface area contributed by atoms with Crippen LogP contribution in [0.1, 0.15) is 12.5 Å². The van der Waals surface area contributed by atoms with Crippen LogP contribution in [0.25, 0.3) is 21.5 Å². The number of rotatable bonds is 3. The maximum Gasteiger partial charge on any atom is 0.317 e. The highest BCUT2D eigenvalue weighted by molar-refractivity contribution is 14.1. The third kappa shape index (κ3) is 2.97. The van der Waals surface area contributed by atoms with Crippen LogP contribution in [0.15, 0.2) is 67.0 Å². The number of fused-ring (bicyclic) bond motifs is 2. The minimum Gasteiger partial charge on any atom is -1.00 e. The van der Waals surface area contributed by atoms with Crippen molar-refractivity contribution in [2.75, 3.05) is 0 Å². The van der Waals surface area contributed by atoms with Crippen molar-refractivity contribution in [3.05, 3.63) is 76.4 Å². The van der Waals surface area contributed by atoms with Gasteiger partial charge in [-0.15, -0.1) is 0 Å². The van der Waals surface area contributed by atoms with E-state index in [0.717, 1.165) is 13.1 Å². The van der Waals surface area contributed by atoms with Crippen molar-refractivity contribution in [2.24, 2.45) is 0 Å². The van der Waals surface area contributed by atoms with Crippen molar-refractivity contribution in [1.82, 2.24) is 4.57 Å². The minimum atomic E-state index is 0. The van der Waals surface area contributed by atoms with E-state index in [9.17, 15) is 0 Å². The van der Waals surface area contributed by atoms with Gasteiger partial charge in [0.15, 0.2) is 0 Å². The summed E-state index contributed by atoms with van der Waals surface area (Å²) in [6, 6.07) is 19.7. The number of imidazole rings is 1. The molecule has 0 unspecified atom stereocenters. The van der Waals surface area contributed by atoms with E-state index in [2.05, 4.69) is 106 Å². The van der Waals surface area contributed by atoms with Crippen LogP contribution in [0.5, 0.6) is 0 Å². The molecule has 3 aromatic carbocycles. The monoisotopic (exact) mass is 492 g/mol. The van der Waals surface area contributed by atoms with E-state index in [0.29, 0.717) is 0 Å². The van der Waals surface area contributed by atoms with Gasteiger partial charge < -0.3 is 17.0 Å². The van der Waals surface area contributed by atoms with Crippen molar-refractivity contribution < 1.29 is 21.5 Å². The highest BCUT2D eigenvalue weighted by atomic mass is 127. The van der Waals surface area contributed by atoms with E-state index in [1.54, 1.807) is 0 Å². The summed E-state index contributed by atoms with van der Waals surface area (Å²) < 4.78 is 5.87. The molecule has 0 saturated carbocycles. The Labute approximate surface area is 166 Å². The van der Waals surface area contributed by atoms with E-state index in [4.69, 9.17) is 0 Å². The Kier molecular flexibility index (Phi) is 5.25. The zero-order valence-electron chi connectivity index (χ0n) is 13.4. The maximum atomic E-state index is 2.44. The highest BCUT2D eigenvalue weighted by Gasteiger charge is 2.16. The SMILES string of the molecule is CCn1cc[n+](Cc2c3ccccc3cc3ccccc23)c1I.[Br-]. The molecular formula is C20H18BrIN2. The van der Waals surface area contributed by atoms with Gasteiger partial charge in [0, 0.05) is 5.56 Å². The Morgan fingerprint density at radius 3 is 2.08 bits per heavy atom. The Hall–Kier alpha value is -1.40. The molecule has 0 amide bonds. The molecule has 4 heteroatoms. The second-order valence-corrected chi connectivity index (χ2v) is 6.74. The molecule has 2 nitrogen and oxygen atoms in total. The van der Waals surface area contributed by atoms with Crippen LogP contribution >= 0.6 is 22.6 Å². The second-order valence-electron chi connectivity index (χ2n) is 5.78. The van der Waals surface area contributed by atoms with E-state index in [-0.39, 0.29) is 17.0 Å². The van der Waals surface area contributed by atoms with Crippen molar-refractivity contribution in [3.63, 3.8) is 0 Å². The zero-order chi connectivity index (χ0) is 15.8. The van der Waals surface area contributed by atoms with Gasteiger partial charge in [0.2, 0.25) is 0 Å². The van der Waals surface area contributed by atoms with Crippen LogP contribution in [0.3, 0.4) is 0 Å². The minimum absolute atomic E-state index is 0. The smallest absolute Gasteiger partial charge is 0.317 e. The van der Waals surface area contributed by atoms with E-state index < -0.39 is 0 Å². The maximum absolute atomic E-state index is 2.44. The lowest BCUT2D eigenvalue weighted by atomic mass is 9.97. The standard InChI is InChI=1S/C20H18IN2.BrH/c1-2-22-11-12-23(20(22)21)14-19-17-9-5-3-7-15(17)13-16-8-4-6-10-18(16)19;/h3-13H,2,14H2,1H3;1H/q+1;/p-1. The molecule has 1 heterocycles. The normalized spacial score (nSPS) is 10.9. The number of aromatic nitrogens is 2. The Balaban J connectivity index is 0.00000169. The van der Waals surface area contributed by atoms with Crippen LogP contribution in [0.4, 0.5) is 0 Å². The number of hydrogen-bond acceptors (Lipinski definition) is 0. The van der Waals surface area contributed by atoms with Crippen LogP contribution in [0, 0.1) is 3.83 Å². The first kappa shape index (κ1) is 17.4. The molecule has 4 aromatic rings. The molecule has 1 aromatic heterocycles. The molecule has 0 saturated heterocycles. The molecule has 0 N–H and O–H groups in total. The van der Waals surface area contributed by atoms with Gasteiger partial charge >= 0.3 is 3.83 Å². The lowest BCUT2D eigenvalue weighted by molar-refractivity contribution is -0.700. The molecule has 0 fully saturated rings. The molecule has 0 spiro atoms. The van der Waals surface area contributed by atoms with Crippen LogP contribution in [0.2, 0.25) is 0 Å². The summed E-state index contributed by atoms with van der Waals surface area (Å²) in [7, 11) is 0. The van der Waals surface area contributed by atoms with Gasteiger partial charge in [-0.1, -0.05) is 48.5 Å². The number of halogens is 2. The molecule has 24 heavy (non-hydrogen) atoms. The topological polar surface area (TPSA) is 8.81 Å². The van der Waals surface area contributed by atoms with Gasteiger partial charge in [-0.2, -0.15) is 0 Å². The van der Waals surface area contributed by atoms with Gasteiger partial charge in [0.1, 0.15) is 18.9 Å². The number of benzene rings is 3. The Morgan fingerprint density at radius 2 is 1.54 bits per heavy atom. The average molecular weight is 493 g/mol. The van der Waals surface area contributed by atoms with Gasteiger partial charge in [0.05, 0.1) is 29.1 Å². The van der Waals surface area contributed by atoms with Gasteiger partial charge in [-0.05, 0) is 34.5 Å². The average Bonchev–Trinajstić information content (AvgIpc) is 2.94. The molecule has 0 radical (unpaired) electrons. The third-order valence-corrected chi connectivity index (χ3v) is 5.69. The summed E-state index contributed by atoms with van der Waals surface area (Å²) in [6.07, 6.45) is 4.34. The summed E-state index contributed by atoms with van der Waals surface area (Å²) in [5.41, 5.74) is 1.40. The first-order valence-corrected chi connectivity index (χ1v) is 8.99. The number of aryl methyl sites for hydroxylation is 1. The highest BCUT2D eigenvalue weighted by Crippen LogP contribution is 2.28. The molecule has 0 atom stereocenters. The van der Waals surface area contributed by atoms with Crippen LogP contribution in [-0.4, -0.2) is 4.57 Å². The summed E-state index contributed by atoms with van der Waals surface area (Å²) in [5, 5.41) is 5.32. The van der Waals surface area contributed by atoms with Crippen LogP contribution < -0.4 is 21.5 Å². The van der Waals surface area contributed by atoms with Gasteiger partial charge in [-0.25, -0.2) is 9.13 Å². The summed E-state index contributed by atoms with van der Waals surface area (Å²) in [5.74, 6) is 0. The molecule has 0 aliphatic carbocycles. The molecular weight excluding hydrogens is 475 g/mol. The quantitative estimate of drug-likeness (QED) is 0.234. The largest absolute Gasteiger partial charge is 1.00 e. The number of nitrogens with zero attached hydrogens (tertiary/aromatic N) is 2. The van der Waals surface area contributed by atoms with E-state index >= 15 is 0 Å². The lowest BCUT2D eigenvalue weighted by Gasteiger charge is -2.10. The fourth-order valence-electron chi connectivity index (χ4n) is 3.25. The van der Waals surface area contributed by atoms with E-state index in [1.165, 1.54) is 30.9 Å². The molecule has 4 rings (SSSR count). The first-order chi connectivity index (χ1) is 11.3. The van der Waals surface area contributed by atoms with Crippen molar-refractivity contribution >= 4 is 44.1 Å². The molecule has 122 valence electrons. The van der Waals surface area contributed by atoms with E-state index in [1.807, 2.05) is 0 Å². The predicted molar refractivity (Wildman–Crippen MR) is 104 cm³/mol. The van der Waals surface area contributed by atoms with Crippen molar-refractivity contribution in [2.45, 2.75) is 20.0 Å². The molecule has 0 bridgehead atoms. The summed E-state index contributed by atoms with van der Waals surface area (Å²) in [6.45, 7) is 4.08. The Morgan fingerprint density at radius 1 is 0.958 bits per heavy atom. The van der Waals surface area contributed by atoms with Crippen LogP contribution in [-0.2, 0) is 13.1 Å². The number of hydrogen-bond donors (Lipinski definition) is 0. The van der Waals surface area contributed by atoms with Crippen molar-refractivity contribution in [1.29, 1.82) is 0 Å². The summed E-state index contributed by atoms with van der Waals surface area (Å²) >= 11 is 2.44. The predicted octanol–water partition coefficient (Wildman–Crippen LogP) is 1.76. The summed E-state index contributed by atoms with van der Waals surface area (Å²) in [4.78, 5) is 0. The molecule has 0 aliphatic rings. The fraction of sp³-hybridized carbons (Fsp3) is 0.150. The lowest BCUT2D eigenvalue weighted by Crippen LogP contribution is -3.00. The first-order valence-electron chi connectivity index (χ1n) is 7.91. The van der Waals surface area contributed by atoms with Crippen molar-refractivity contribution in [3.8, 4) is 0 Å². The molecule has 0 aliphatic heterocycles. The van der Waals surface area contributed by atoms with Gasteiger partial charge in [0.25, 0.3) is 0 Å². The third-order valence-electron chi connectivity index (χ3n) is 4.45. The zero-order valence-corrected chi connectivity index (χ0v) is 17.2.